The molecule has 0 fully saturated rings. The largest absolute Gasteiger partial charge is 0.265 e. The van der Waals surface area contributed by atoms with E-state index in [1.807, 2.05) is 30.5 Å². The van der Waals surface area contributed by atoms with Gasteiger partial charge in [0.15, 0.2) is 0 Å². The Morgan fingerprint density at radius 2 is 1.79 bits per heavy atom. The highest BCUT2D eigenvalue weighted by atomic mass is 14.7. The van der Waals surface area contributed by atoms with E-state index in [1.165, 1.54) is 11.1 Å². The van der Waals surface area contributed by atoms with Gasteiger partial charge in [-0.3, -0.25) is 9.98 Å². The minimum Gasteiger partial charge on any atom is -0.265 e. The number of aliphatic imine (C=N–C) groups is 1. The van der Waals surface area contributed by atoms with Crippen molar-refractivity contribution >= 4 is 17.5 Å². The summed E-state index contributed by atoms with van der Waals surface area (Å²) in [7, 11) is 0. The van der Waals surface area contributed by atoms with Crippen LogP contribution in [0.15, 0.2) is 72.0 Å². The Hall–Kier alpha value is -2.48. The molecule has 0 spiro atoms. The SMILES string of the molecule is C1=CCC(c2ccc(N=Cc3ccncc3)cc2)=C1. The third-order valence-corrected chi connectivity index (χ3v) is 3.08. The van der Waals surface area contributed by atoms with Gasteiger partial charge in [-0.15, -0.1) is 0 Å². The van der Waals surface area contributed by atoms with Crippen LogP contribution in [0.1, 0.15) is 17.5 Å². The van der Waals surface area contributed by atoms with Crippen LogP contribution in [-0.4, -0.2) is 11.2 Å². The molecule has 0 N–H and O–H groups in total. The minimum atomic E-state index is 0.965. The summed E-state index contributed by atoms with van der Waals surface area (Å²) in [5.41, 5.74) is 4.66. The summed E-state index contributed by atoms with van der Waals surface area (Å²) in [5.74, 6) is 0. The molecule has 0 bridgehead atoms. The van der Waals surface area contributed by atoms with Gasteiger partial charge < -0.3 is 0 Å². The van der Waals surface area contributed by atoms with Gasteiger partial charge in [-0.2, -0.15) is 0 Å². The summed E-state index contributed by atoms with van der Waals surface area (Å²) >= 11 is 0. The Kier molecular flexibility index (Phi) is 3.32. The van der Waals surface area contributed by atoms with Crippen LogP contribution < -0.4 is 0 Å². The summed E-state index contributed by atoms with van der Waals surface area (Å²) in [4.78, 5) is 8.44. The molecule has 2 aromatic rings. The van der Waals surface area contributed by atoms with Gasteiger partial charge in [-0.1, -0.05) is 30.4 Å². The maximum Gasteiger partial charge on any atom is 0.0630 e. The molecule has 0 unspecified atom stereocenters. The standard InChI is InChI=1S/C17H14N2/c1-2-4-15(3-1)16-5-7-17(8-6-16)19-13-14-9-11-18-12-10-14/h1-3,5-13H,4H2. The fourth-order valence-corrected chi connectivity index (χ4v) is 2.02. The number of aromatic nitrogens is 1. The number of pyridine rings is 1. The summed E-state index contributed by atoms with van der Waals surface area (Å²) in [6, 6.07) is 12.2. The smallest absolute Gasteiger partial charge is 0.0630 e. The second-order valence-corrected chi connectivity index (χ2v) is 4.41. The lowest BCUT2D eigenvalue weighted by atomic mass is 10.1. The van der Waals surface area contributed by atoms with Crippen LogP contribution in [0.5, 0.6) is 0 Å². The molecule has 1 aliphatic rings. The van der Waals surface area contributed by atoms with Crippen molar-refractivity contribution in [2.45, 2.75) is 6.42 Å². The molecule has 1 aromatic heterocycles. The molecule has 1 aromatic carbocycles. The summed E-state index contributed by atoms with van der Waals surface area (Å²) in [6.07, 6.45) is 12.9. The third-order valence-electron chi connectivity index (χ3n) is 3.08. The zero-order valence-electron chi connectivity index (χ0n) is 10.5. The minimum absolute atomic E-state index is 0.965. The maximum atomic E-state index is 4.46. The summed E-state index contributed by atoms with van der Waals surface area (Å²) in [6.45, 7) is 0. The first-order valence-electron chi connectivity index (χ1n) is 6.32. The average molecular weight is 246 g/mol. The molecule has 0 saturated heterocycles. The van der Waals surface area contributed by atoms with Crippen molar-refractivity contribution in [2.75, 3.05) is 0 Å². The Morgan fingerprint density at radius 3 is 2.47 bits per heavy atom. The lowest BCUT2D eigenvalue weighted by Crippen LogP contribution is -1.81. The zero-order chi connectivity index (χ0) is 12.9. The van der Waals surface area contributed by atoms with Crippen LogP contribution in [-0.2, 0) is 0 Å². The van der Waals surface area contributed by atoms with Gasteiger partial charge in [0, 0.05) is 18.6 Å². The molecule has 3 rings (SSSR count). The van der Waals surface area contributed by atoms with Gasteiger partial charge in [-0.05, 0) is 47.4 Å². The first-order valence-corrected chi connectivity index (χ1v) is 6.32. The number of allylic oxidation sites excluding steroid dienone is 4. The fraction of sp³-hybridized carbons (Fsp3) is 0.0588. The van der Waals surface area contributed by atoms with E-state index in [2.05, 4.69) is 40.3 Å². The van der Waals surface area contributed by atoms with Crippen molar-refractivity contribution in [2.24, 2.45) is 4.99 Å². The van der Waals surface area contributed by atoms with Crippen molar-refractivity contribution in [3.63, 3.8) is 0 Å². The quantitative estimate of drug-likeness (QED) is 0.746. The van der Waals surface area contributed by atoms with E-state index in [0.29, 0.717) is 0 Å². The van der Waals surface area contributed by atoms with Gasteiger partial charge >= 0.3 is 0 Å². The molecular weight excluding hydrogens is 232 g/mol. The van der Waals surface area contributed by atoms with E-state index >= 15 is 0 Å². The number of hydrogen-bond donors (Lipinski definition) is 0. The van der Waals surface area contributed by atoms with E-state index in [0.717, 1.165) is 17.7 Å². The first kappa shape index (κ1) is 11.6. The molecule has 1 heterocycles. The normalized spacial score (nSPS) is 14.0. The highest BCUT2D eigenvalue weighted by molar-refractivity contribution is 5.81. The molecule has 1 aliphatic carbocycles. The number of rotatable bonds is 3. The molecule has 2 nitrogen and oxygen atoms in total. The highest BCUT2D eigenvalue weighted by Gasteiger charge is 2.02. The average Bonchev–Trinajstić information content (AvgIpc) is 3.01. The molecule has 19 heavy (non-hydrogen) atoms. The van der Waals surface area contributed by atoms with Crippen LogP contribution in [0.25, 0.3) is 5.57 Å². The van der Waals surface area contributed by atoms with Crippen molar-refractivity contribution in [3.05, 3.63) is 78.1 Å². The van der Waals surface area contributed by atoms with E-state index < -0.39 is 0 Å². The van der Waals surface area contributed by atoms with Gasteiger partial charge in [-0.25, -0.2) is 0 Å². The van der Waals surface area contributed by atoms with E-state index in [4.69, 9.17) is 0 Å². The lowest BCUT2D eigenvalue weighted by molar-refractivity contribution is 1.32. The second-order valence-electron chi connectivity index (χ2n) is 4.41. The second kappa shape index (κ2) is 5.44. The van der Waals surface area contributed by atoms with Gasteiger partial charge in [0.1, 0.15) is 0 Å². The van der Waals surface area contributed by atoms with E-state index in [-0.39, 0.29) is 0 Å². The first-order chi connectivity index (χ1) is 9.42. The molecular formula is C17H14N2. The zero-order valence-corrected chi connectivity index (χ0v) is 10.5. The molecule has 0 radical (unpaired) electrons. The van der Waals surface area contributed by atoms with Crippen LogP contribution in [0, 0.1) is 0 Å². The predicted molar refractivity (Wildman–Crippen MR) is 79.7 cm³/mol. The lowest BCUT2D eigenvalue weighted by Gasteiger charge is -2.02. The van der Waals surface area contributed by atoms with Gasteiger partial charge in [0.25, 0.3) is 0 Å². The predicted octanol–water partition coefficient (Wildman–Crippen LogP) is 4.18. The molecule has 0 amide bonds. The topological polar surface area (TPSA) is 25.2 Å². The molecule has 92 valence electrons. The highest BCUT2D eigenvalue weighted by Crippen LogP contribution is 2.24. The maximum absolute atomic E-state index is 4.46. The van der Waals surface area contributed by atoms with Crippen LogP contribution >= 0.6 is 0 Å². The molecule has 0 aliphatic heterocycles. The van der Waals surface area contributed by atoms with Crippen molar-refractivity contribution in [3.8, 4) is 0 Å². The van der Waals surface area contributed by atoms with Crippen molar-refractivity contribution in [1.82, 2.24) is 4.98 Å². The molecule has 0 atom stereocenters. The van der Waals surface area contributed by atoms with Crippen LogP contribution in [0.4, 0.5) is 5.69 Å². The number of benzene rings is 1. The van der Waals surface area contributed by atoms with Crippen molar-refractivity contribution < 1.29 is 0 Å². The Bertz CT molecular complexity index is 635. The Morgan fingerprint density at radius 1 is 1.00 bits per heavy atom. The van der Waals surface area contributed by atoms with Gasteiger partial charge in [0.05, 0.1) is 5.69 Å². The molecule has 0 saturated carbocycles. The van der Waals surface area contributed by atoms with Gasteiger partial charge in [0.2, 0.25) is 0 Å². The number of hydrogen-bond acceptors (Lipinski definition) is 2. The van der Waals surface area contributed by atoms with Crippen LogP contribution in [0.3, 0.4) is 0 Å². The van der Waals surface area contributed by atoms with Crippen LogP contribution in [0.2, 0.25) is 0 Å². The fourth-order valence-electron chi connectivity index (χ4n) is 2.02. The Balaban J connectivity index is 1.74. The van der Waals surface area contributed by atoms with Crippen molar-refractivity contribution in [1.29, 1.82) is 0 Å². The van der Waals surface area contributed by atoms with E-state index in [1.54, 1.807) is 12.4 Å². The Labute approximate surface area is 112 Å². The third kappa shape index (κ3) is 2.86. The summed E-state index contributed by atoms with van der Waals surface area (Å²) < 4.78 is 0. The summed E-state index contributed by atoms with van der Waals surface area (Å²) in [5, 5.41) is 0. The monoisotopic (exact) mass is 246 g/mol. The van der Waals surface area contributed by atoms with E-state index in [9.17, 15) is 0 Å². The molecule has 2 heteroatoms. The number of nitrogens with zero attached hydrogens (tertiary/aromatic N) is 2.